The van der Waals surface area contributed by atoms with Crippen LogP contribution in [0.25, 0.3) is 0 Å². The van der Waals surface area contributed by atoms with E-state index in [1.165, 1.54) is 0 Å². The molecule has 1 aromatic heterocycles. The van der Waals surface area contributed by atoms with Crippen LogP contribution < -0.4 is 5.32 Å². The van der Waals surface area contributed by atoms with E-state index in [-0.39, 0.29) is 5.91 Å². The Bertz CT molecular complexity index is 542. The number of amides is 1. The van der Waals surface area contributed by atoms with Crippen molar-refractivity contribution < 1.29 is 4.79 Å². The summed E-state index contributed by atoms with van der Waals surface area (Å²) in [6.07, 6.45) is 1.54. The molecular weight excluding hydrogens is 304 g/mol. The molecule has 0 aliphatic rings. The first kappa shape index (κ1) is 12.1. The molecule has 86 valence electrons. The molecule has 1 amide bonds. The Balaban J connectivity index is 2.14. The Hall–Kier alpha value is -1.39. The molecule has 3 nitrogen and oxygen atoms in total. The SMILES string of the molecule is O=C(Nc1cc(Cl)ccn1)c1ccc(Br)cc1. The van der Waals surface area contributed by atoms with Gasteiger partial charge in [0.25, 0.3) is 5.91 Å². The summed E-state index contributed by atoms with van der Waals surface area (Å²) in [5, 5.41) is 3.20. The zero-order valence-electron chi connectivity index (χ0n) is 8.65. The van der Waals surface area contributed by atoms with Crippen molar-refractivity contribution in [1.82, 2.24) is 4.98 Å². The van der Waals surface area contributed by atoms with Gasteiger partial charge in [0, 0.05) is 21.3 Å². The zero-order chi connectivity index (χ0) is 12.3. The standard InChI is InChI=1S/C12H8BrClN2O/c13-9-3-1-8(2-4-9)12(17)16-11-7-10(14)5-6-15-11/h1-7H,(H,15,16,17). The zero-order valence-corrected chi connectivity index (χ0v) is 11.0. The number of anilines is 1. The van der Waals surface area contributed by atoms with Crippen LogP contribution in [0.5, 0.6) is 0 Å². The molecule has 17 heavy (non-hydrogen) atoms. The first-order valence-corrected chi connectivity index (χ1v) is 6.01. The molecule has 0 spiro atoms. The molecule has 0 radical (unpaired) electrons. The Morgan fingerprint density at radius 3 is 2.59 bits per heavy atom. The minimum absolute atomic E-state index is 0.215. The van der Waals surface area contributed by atoms with Gasteiger partial charge < -0.3 is 5.32 Å². The molecule has 0 saturated carbocycles. The summed E-state index contributed by atoms with van der Waals surface area (Å²) in [5.74, 6) is 0.220. The maximum absolute atomic E-state index is 11.8. The van der Waals surface area contributed by atoms with Crippen LogP contribution in [0, 0.1) is 0 Å². The number of halogens is 2. The number of aromatic nitrogens is 1. The van der Waals surface area contributed by atoms with Crippen LogP contribution >= 0.6 is 27.5 Å². The van der Waals surface area contributed by atoms with Crippen molar-refractivity contribution in [3.63, 3.8) is 0 Å². The lowest BCUT2D eigenvalue weighted by Gasteiger charge is -2.04. The highest BCUT2D eigenvalue weighted by molar-refractivity contribution is 9.10. The molecule has 5 heteroatoms. The predicted octanol–water partition coefficient (Wildman–Crippen LogP) is 3.75. The van der Waals surface area contributed by atoms with Gasteiger partial charge in [0.15, 0.2) is 0 Å². The van der Waals surface area contributed by atoms with Crippen LogP contribution in [0.1, 0.15) is 10.4 Å². The third kappa shape index (κ3) is 3.28. The molecule has 0 aliphatic heterocycles. The van der Waals surface area contributed by atoms with Crippen molar-refractivity contribution >= 4 is 39.3 Å². The van der Waals surface area contributed by atoms with Gasteiger partial charge in [-0.3, -0.25) is 4.79 Å². The van der Waals surface area contributed by atoms with E-state index in [0.717, 1.165) is 4.47 Å². The van der Waals surface area contributed by atoms with Crippen LogP contribution in [0.4, 0.5) is 5.82 Å². The van der Waals surface area contributed by atoms with Crippen molar-refractivity contribution in [3.05, 3.63) is 57.7 Å². The number of benzene rings is 1. The van der Waals surface area contributed by atoms with Crippen LogP contribution in [0.2, 0.25) is 5.02 Å². The Labute approximate surface area is 112 Å². The summed E-state index contributed by atoms with van der Waals surface area (Å²) in [4.78, 5) is 15.8. The molecule has 1 N–H and O–H groups in total. The van der Waals surface area contributed by atoms with E-state index in [1.807, 2.05) is 0 Å². The maximum atomic E-state index is 11.8. The number of carbonyl (C=O) groups excluding carboxylic acids is 1. The van der Waals surface area contributed by atoms with Crippen LogP contribution in [0.15, 0.2) is 47.1 Å². The quantitative estimate of drug-likeness (QED) is 0.918. The number of hydrogen-bond donors (Lipinski definition) is 1. The van der Waals surface area contributed by atoms with Crippen molar-refractivity contribution in [2.45, 2.75) is 0 Å². The number of carbonyl (C=O) groups is 1. The van der Waals surface area contributed by atoms with Gasteiger partial charge >= 0.3 is 0 Å². The van der Waals surface area contributed by atoms with E-state index in [0.29, 0.717) is 16.4 Å². The molecule has 1 aromatic carbocycles. The molecule has 0 atom stereocenters. The monoisotopic (exact) mass is 310 g/mol. The second-order valence-corrected chi connectivity index (χ2v) is 4.67. The van der Waals surface area contributed by atoms with Crippen molar-refractivity contribution in [1.29, 1.82) is 0 Å². The van der Waals surface area contributed by atoms with E-state index in [9.17, 15) is 4.79 Å². The van der Waals surface area contributed by atoms with E-state index < -0.39 is 0 Å². The molecule has 0 aliphatic carbocycles. The first-order valence-electron chi connectivity index (χ1n) is 4.83. The second kappa shape index (κ2) is 5.29. The van der Waals surface area contributed by atoms with Crippen molar-refractivity contribution in [2.24, 2.45) is 0 Å². The Kier molecular flexibility index (Phi) is 3.76. The maximum Gasteiger partial charge on any atom is 0.256 e. The third-order valence-electron chi connectivity index (χ3n) is 2.07. The molecule has 0 unspecified atom stereocenters. The second-order valence-electron chi connectivity index (χ2n) is 3.32. The molecule has 0 fully saturated rings. The van der Waals surface area contributed by atoms with Crippen LogP contribution in [-0.4, -0.2) is 10.9 Å². The minimum atomic E-state index is -0.215. The summed E-state index contributed by atoms with van der Waals surface area (Å²) >= 11 is 9.11. The van der Waals surface area contributed by atoms with Gasteiger partial charge in [0.05, 0.1) is 0 Å². The molecule has 0 saturated heterocycles. The minimum Gasteiger partial charge on any atom is -0.307 e. The lowest BCUT2D eigenvalue weighted by Crippen LogP contribution is -2.12. The number of nitrogens with zero attached hydrogens (tertiary/aromatic N) is 1. The molecule has 2 aromatic rings. The summed E-state index contributed by atoms with van der Waals surface area (Å²) in [6, 6.07) is 10.3. The van der Waals surface area contributed by atoms with Gasteiger partial charge in [0.2, 0.25) is 0 Å². The smallest absolute Gasteiger partial charge is 0.256 e. The lowest BCUT2D eigenvalue weighted by molar-refractivity contribution is 0.102. The van der Waals surface area contributed by atoms with Gasteiger partial charge in [-0.05, 0) is 36.4 Å². The number of hydrogen-bond acceptors (Lipinski definition) is 2. The summed E-state index contributed by atoms with van der Waals surface area (Å²) < 4.78 is 0.926. The number of rotatable bonds is 2. The highest BCUT2D eigenvalue weighted by Gasteiger charge is 2.06. The van der Waals surface area contributed by atoms with Crippen LogP contribution in [-0.2, 0) is 0 Å². The average Bonchev–Trinajstić information content (AvgIpc) is 2.29. The number of nitrogens with one attached hydrogen (secondary N) is 1. The van der Waals surface area contributed by atoms with Gasteiger partial charge in [-0.25, -0.2) is 4.98 Å². The largest absolute Gasteiger partial charge is 0.307 e. The fourth-order valence-corrected chi connectivity index (χ4v) is 1.69. The summed E-state index contributed by atoms with van der Waals surface area (Å²) in [7, 11) is 0. The number of pyridine rings is 1. The average molecular weight is 312 g/mol. The third-order valence-corrected chi connectivity index (χ3v) is 2.83. The van der Waals surface area contributed by atoms with Gasteiger partial charge in [-0.2, -0.15) is 0 Å². The first-order chi connectivity index (χ1) is 8.15. The van der Waals surface area contributed by atoms with E-state index in [1.54, 1.807) is 42.6 Å². The van der Waals surface area contributed by atoms with Crippen molar-refractivity contribution in [2.75, 3.05) is 5.32 Å². The normalized spacial score (nSPS) is 10.0. The van der Waals surface area contributed by atoms with Gasteiger partial charge in [-0.15, -0.1) is 0 Å². The highest BCUT2D eigenvalue weighted by atomic mass is 79.9. The summed E-state index contributed by atoms with van der Waals surface area (Å²) in [5.41, 5.74) is 0.565. The fourth-order valence-electron chi connectivity index (χ4n) is 1.26. The molecule has 0 bridgehead atoms. The van der Waals surface area contributed by atoms with Crippen molar-refractivity contribution in [3.8, 4) is 0 Å². The van der Waals surface area contributed by atoms with E-state index in [4.69, 9.17) is 11.6 Å². The highest BCUT2D eigenvalue weighted by Crippen LogP contribution is 2.14. The molecule has 1 heterocycles. The topological polar surface area (TPSA) is 42.0 Å². The van der Waals surface area contributed by atoms with Crippen LogP contribution in [0.3, 0.4) is 0 Å². The summed E-state index contributed by atoms with van der Waals surface area (Å²) in [6.45, 7) is 0. The van der Waals surface area contributed by atoms with E-state index in [2.05, 4.69) is 26.2 Å². The Morgan fingerprint density at radius 1 is 1.24 bits per heavy atom. The lowest BCUT2D eigenvalue weighted by atomic mass is 10.2. The van der Waals surface area contributed by atoms with Gasteiger partial charge in [-0.1, -0.05) is 27.5 Å². The Morgan fingerprint density at radius 2 is 1.94 bits per heavy atom. The molecule has 2 rings (SSSR count). The predicted molar refractivity (Wildman–Crippen MR) is 71.3 cm³/mol. The molecular formula is C12H8BrClN2O. The van der Waals surface area contributed by atoms with Gasteiger partial charge in [0.1, 0.15) is 5.82 Å². The fraction of sp³-hybridized carbons (Fsp3) is 0. The van der Waals surface area contributed by atoms with E-state index >= 15 is 0 Å².